The van der Waals surface area contributed by atoms with Gasteiger partial charge in [-0.15, -0.1) is 0 Å². The molecular formula is C16H21BrN2O2. The molecule has 114 valence electrons. The lowest BCUT2D eigenvalue weighted by atomic mass is 10.1. The lowest BCUT2D eigenvalue weighted by molar-refractivity contribution is -0.132. The van der Waals surface area contributed by atoms with E-state index in [1.807, 2.05) is 30.0 Å². The number of hydrogen-bond donors (Lipinski definition) is 0. The van der Waals surface area contributed by atoms with Crippen molar-refractivity contribution in [1.82, 2.24) is 4.90 Å². The molecule has 1 fully saturated rings. The molecule has 2 amide bonds. The minimum absolute atomic E-state index is 0.0345. The van der Waals surface area contributed by atoms with Crippen molar-refractivity contribution in [3.8, 4) is 0 Å². The van der Waals surface area contributed by atoms with Crippen LogP contribution in [0.5, 0.6) is 0 Å². The lowest BCUT2D eigenvalue weighted by Gasteiger charge is -2.30. The summed E-state index contributed by atoms with van der Waals surface area (Å²) in [6.45, 7) is 5.19. The van der Waals surface area contributed by atoms with Crippen LogP contribution in [0.2, 0.25) is 0 Å². The summed E-state index contributed by atoms with van der Waals surface area (Å²) >= 11 is 3.42. The van der Waals surface area contributed by atoms with Crippen LogP contribution < -0.4 is 4.90 Å². The van der Waals surface area contributed by atoms with Gasteiger partial charge in [0.05, 0.1) is 0 Å². The van der Waals surface area contributed by atoms with E-state index in [2.05, 4.69) is 15.9 Å². The van der Waals surface area contributed by atoms with Crippen LogP contribution in [0, 0.1) is 6.92 Å². The number of anilines is 1. The first-order valence-electron chi connectivity index (χ1n) is 7.31. The first-order chi connectivity index (χ1) is 9.99. The lowest BCUT2D eigenvalue weighted by Crippen LogP contribution is -2.44. The van der Waals surface area contributed by atoms with E-state index in [1.165, 1.54) is 13.3 Å². The highest BCUT2D eigenvalue weighted by Crippen LogP contribution is 2.24. The summed E-state index contributed by atoms with van der Waals surface area (Å²) in [5, 5.41) is 0. The van der Waals surface area contributed by atoms with Gasteiger partial charge in [0.1, 0.15) is 6.54 Å². The van der Waals surface area contributed by atoms with Crippen LogP contribution in [-0.2, 0) is 9.59 Å². The van der Waals surface area contributed by atoms with Crippen molar-refractivity contribution in [3.05, 3.63) is 28.2 Å². The Balaban J connectivity index is 2.15. The molecule has 0 aliphatic carbocycles. The van der Waals surface area contributed by atoms with Crippen molar-refractivity contribution in [2.24, 2.45) is 0 Å². The van der Waals surface area contributed by atoms with Gasteiger partial charge in [0.25, 0.3) is 0 Å². The SMILES string of the molecule is CC(=O)N(CC(=O)N1CCCCC1)c1ccc(Br)cc1C. The van der Waals surface area contributed by atoms with Crippen LogP contribution in [0.15, 0.2) is 22.7 Å². The monoisotopic (exact) mass is 352 g/mol. The molecule has 1 aliphatic rings. The van der Waals surface area contributed by atoms with Gasteiger partial charge in [0, 0.05) is 30.2 Å². The average molecular weight is 353 g/mol. The van der Waals surface area contributed by atoms with Crippen LogP contribution >= 0.6 is 15.9 Å². The van der Waals surface area contributed by atoms with Crippen LogP contribution in [0.3, 0.4) is 0 Å². The van der Waals surface area contributed by atoms with E-state index < -0.39 is 0 Å². The number of aryl methyl sites for hydroxylation is 1. The average Bonchev–Trinajstić information content (AvgIpc) is 2.46. The van der Waals surface area contributed by atoms with Gasteiger partial charge in [-0.25, -0.2) is 0 Å². The number of rotatable bonds is 3. The van der Waals surface area contributed by atoms with Crippen molar-refractivity contribution in [3.63, 3.8) is 0 Å². The zero-order chi connectivity index (χ0) is 15.4. The quantitative estimate of drug-likeness (QED) is 0.838. The third-order valence-electron chi connectivity index (χ3n) is 3.83. The third kappa shape index (κ3) is 4.06. The number of likely N-dealkylation sites (tertiary alicyclic amines) is 1. The van der Waals surface area contributed by atoms with Crippen LogP contribution in [-0.4, -0.2) is 36.3 Å². The summed E-state index contributed by atoms with van der Waals surface area (Å²) in [7, 11) is 0. The molecule has 0 N–H and O–H groups in total. The van der Waals surface area contributed by atoms with Gasteiger partial charge in [-0.3, -0.25) is 9.59 Å². The van der Waals surface area contributed by atoms with Crippen LogP contribution in [0.25, 0.3) is 0 Å². The number of hydrogen-bond acceptors (Lipinski definition) is 2. The molecule has 1 heterocycles. The second-order valence-electron chi connectivity index (χ2n) is 5.48. The van der Waals surface area contributed by atoms with Gasteiger partial charge in [-0.05, 0) is 49.9 Å². The number of halogens is 1. The highest BCUT2D eigenvalue weighted by molar-refractivity contribution is 9.10. The molecule has 0 radical (unpaired) electrons. The fourth-order valence-electron chi connectivity index (χ4n) is 2.67. The van der Waals surface area contributed by atoms with Gasteiger partial charge < -0.3 is 9.80 Å². The molecule has 0 saturated carbocycles. The number of benzene rings is 1. The predicted molar refractivity (Wildman–Crippen MR) is 87.3 cm³/mol. The molecule has 2 rings (SSSR count). The maximum Gasteiger partial charge on any atom is 0.242 e. The Morgan fingerprint density at radius 2 is 1.90 bits per heavy atom. The van der Waals surface area contributed by atoms with Crippen molar-refractivity contribution >= 4 is 33.4 Å². The zero-order valence-electron chi connectivity index (χ0n) is 12.6. The summed E-state index contributed by atoms with van der Waals surface area (Å²) in [4.78, 5) is 27.8. The van der Waals surface area contributed by atoms with Crippen LogP contribution in [0.1, 0.15) is 31.7 Å². The fourth-order valence-corrected chi connectivity index (χ4v) is 3.14. The summed E-state index contributed by atoms with van der Waals surface area (Å²) in [5.74, 6) is -0.0713. The molecule has 1 aromatic rings. The smallest absolute Gasteiger partial charge is 0.242 e. The Bertz CT molecular complexity index is 539. The Morgan fingerprint density at radius 3 is 2.48 bits per heavy atom. The van der Waals surface area contributed by atoms with Gasteiger partial charge in [-0.1, -0.05) is 15.9 Å². The Hall–Kier alpha value is -1.36. The van der Waals surface area contributed by atoms with E-state index in [4.69, 9.17) is 0 Å². The first kappa shape index (κ1) is 16.0. The predicted octanol–water partition coefficient (Wildman–Crippen LogP) is 3.12. The highest BCUT2D eigenvalue weighted by atomic mass is 79.9. The minimum atomic E-state index is -0.106. The fraction of sp³-hybridized carbons (Fsp3) is 0.500. The largest absolute Gasteiger partial charge is 0.341 e. The third-order valence-corrected chi connectivity index (χ3v) is 4.33. The molecule has 4 nitrogen and oxygen atoms in total. The molecule has 1 aromatic carbocycles. The van der Waals surface area contributed by atoms with Crippen molar-refractivity contribution in [2.75, 3.05) is 24.5 Å². The van der Waals surface area contributed by atoms with E-state index in [1.54, 1.807) is 4.90 Å². The topological polar surface area (TPSA) is 40.6 Å². The number of amides is 2. The van der Waals surface area contributed by atoms with E-state index in [-0.39, 0.29) is 18.4 Å². The van der Waals surface area contributed by atoms with Gasteiger partial charge in [-0.2, -0.15) is 0 Å². The number of nitrogens with zero attached hydrogens (tertiary/aromatic N) is 2. The van der Waals surface area contributed by atoms with Crippen molar-refractivity contribution < 1.29 is 9.59 Å². The second-order valence-corrected chi connectivity index (χ2v) is 6.39. The highest BCUT2D eigenvalue weighted by Gasteiger charge is 2.22. The van der Waals surface area contributed by atoms with Gasteiger partial charge in [0.2, 0.25) is 11.8 Å². The van der Waals surface area contributed by atoms with E-state index >= 15 is 0 Å². The Kier molecular flexibility index (Phi) is 5.39. The molecule has 1 aliphatic heterocycles. The summed E-state index contributed by atoms with van der Waals surface area (Å²) in [6, 6.07) is 5.73. The summed E-state index contributed by atoms with van der Waals surface area (Å²) in [5.41, 5.74) is 1.78. The molecule has 5 heteroatoms. The molecule has 0 unspecified atom stereocenters. The van der Waals surface area contributed by atoms with Gasteiger partial charge >= 0.3 is 0 Å². The van der Waals surface area contributed by atoms with E-state index in [0.717, 1.165) is 41.7 Å². The summed E-state index contributed by atoms with van der Waals surface area (Å²) < 4.78 is 0.967. The molecular weight excluding hydrogens is 332 g/mol. The van der Waals surface area contributed by atoms with Crippen molar-refractivity contribution in [1.29, 1.82) is 0 Å². The molecule has 1 saturated heterocycles. The molecule has 0 bridgehead atoms. The van der Waals surface area contributed by atoms with Gasteiger partial charge in [0.15, 0.2) is 0 Å². The maximum atomic E-state index is 12.4. The van der Waals surface area contributed by atoms with E-state index in [0.29, 0.717) is 0 Å². The summed E-state index contributed by atoms with van der Waals surface area (Å²) in [6.07, 6.45) is 3.30. The molecule has 0 atom stereocenters. The normalized spacial score (nSPS) is 14.9. The standard InChI is InChI=1S/C16H21BrN2O2/c1-12-10-14(17)6-7-15(12)19(13(2)20)11-16(21)18-8-4-3-5-9-18/h6-7,10H,3-5,8-9,11H2,1-2H3. The molecule has 0 aromatic heterocycles. The minimum Gasteiger partial charge on any atom is -0.341 e. The number of piperidine rings is 1. The molecule has 21 heavy (non-hydrogen) atoms. The van der Waals surface area contributed by atoms with Crippen LogP contribution in [0.4, 0.5) is 5.69 Å². The maximum absolute atomic E-state index is 12.4. The van der Waals surface area contributed by atoms with Crippen molar-refractivity contribution in [2.45, 2.75) is 33.1 Å². The zero-order valence-corrected chi connectivity index (χ0v) is 14.1. The number of carbonyl (C=O) groups is 2. The number of carbonyl (C=O) groups excluding carboxylic acids is 2. The Morgan fingerprint density at radius 1 is 1.24 bits per heavy atom. The second kappa shape index (κ2) is 7.07. The Labute approximate surface area is 134 Å². The first-order valence-corrected chi connectivity index (χ1v) is 8.10. The van der Waals surface area contributed by atoms with E-state index in [9.17, 15) is 9.59 Å². The molecule has 0 spiro atoms.